The second kappa shape index (κ2) is 11.0. The van der Waals surface area contributed by atoms with Crippen LogP contribution >= 0.6 is 0 Å². The fourth-order valence-corrected chi connectivity index (χ4v) is 5.03. The Labute approximate surface area is 230 Å². The number of rotatable bonds is 7. The summed E-state index contributed by atoms with van der Waals surface area (Å²) in [4.78, 5) is 45.2. The number of H-pyrrole nitrogens is 1. The average molecular weight is 543 g/mol. The predicted molar refractivity (Wildman–Crippen MR) is 149 cm³/mol. The third kappa shape index (κ3) is 5.05. The Morgan fingerprint density at radius 3 is 2.75 bits per heavy atom. The van der Waals surface area contributed by atoms with E-state index in [9.17, 15) is 19.5 Å². The van der Waals surface area contributed by atoms with Gasteiger partial charge in [-0.25, -0.2) is 9.78 Å². The van der Waals surface area contributed by atoms with Gasteiger partial charge in [-0.05, 0) is 54.3 Å². The molecule has 1 aliphatic heterocycles. The average Bonchev–Trinajstić information content (AvgIpc) is 3.48. The first-order valence-electron chi connectivity index (χ1n) is 12.9. The summed E-state index contributed by atoms with van der Waals surface area (Å²) in [5.41, 5.74) is 3.44. The molecule has 40 heavy (non-hydrogen) atoms. The maximum Gasteiger partial charge on any atom is 0.407 e. The number of aryl methyl sites for hydroxylation is 1. The number of hydrogen-bond acceptors (Lipinski definition) is 6. The molecule has 11 nitrogen and oxygen atoms in total. The molecule has 2 heterocycles. The van der Waals surface area contributed by atoms with Gasteiger partial charge in [-0.1, -0.05) is 36.4 Å². The molecule has 0 aliphatic carbocycles. The molecule has 2 atom stereocenters. The van der Waals surface area contributed by atoms with Gasteiger partial charge in [0, 0.05) is 23.9 Å². The highest BCUT2D eigenvalue weighted by Gasteiger charge is 2.34. The van der Waals surface area contributed by atoms with Crippen LogP contribution in [-0.2, 0) is 22.6 Å². The van der Waals surface area contributed by atoms with Gasteiger partial charge in [0.2, 0.25) is 11.8 Å². The summed E-state index contributed by atoms with van der Waals surface area (Å²) in [6.07, 6.45) is 1.18. The van der Waals surface area contributed by atoms with E-state index < -0.39 is 24.1 Å². The summed E-state index contributed by atoms with van der Waals surface area (Å²) >= 11 is 0. The maximum atomic E-state index is 14.0. The molecule has 206 valence electrons. The van der Waals surface area contributed by atoms with E-state index in [0.717, 1.165) is 38.1 Å². The van der Waals surface area contributed by atoms with Crippen LogP contribution in [0.15, 0.2) is 60.9 Å². The molecular formula is C29H30N6O5. The number of carbonyl (C=O) groups excluding carboxylic acids is 2. The Bertz CT molecular complexity index is 1570. The van der Waals surface area contributed by atoms with E-state index in [1.807, 2.05) is 54.6 Å². The predicted octanol–water partition coefficient (Wildman–Crippen LogP) is 3.60. The second-order valence-corrected chi connectivity index (χ2v) is 9.74. The van der Waals surface area contributed by atoms with Gasteiger partial charge >= 0.3 is 6.09 Å². The highest BCUT2D eigenvalue weighted by molar-refractivity contribution is 6.02. The minimum atomic E-state index is -1.22. The number of aromatic amines is 1. The molecule has 3 amide bonds. The van der Waals surface area contributed by atoms with Crippen molar-refractivity contribution in [1.82, 2.24) is 25.4 Å². The van der Waals surface area contributed by atoms with Crippen molar-refractivity contribution in [3.05, 3.63) is 72.1 Å². The fraction of sp³-hybridized carbons (Fsp3) is 0.276. The monoisotopic (exact) mass is 542 g/mol. The zero-order valence-electron chi connectivity index (χ0n) is 22.4. The largest absolute Gasteiger partial charge is 0.496 e. The van der Waals surface area contributed by atoms with Gasteiger partial charge in [0.15, 0.2) is 5.82 Å². The number of nitrogens with one attached hydrogen (secondary N) is 2. The van der Waals surface area contributed by atoms with Crippen molar-refractivity contribution < 1.29 is 24.2 Å². The van der Waals surface area contributed by atoms with Gasteiger partial charge in [-0.2, -0.15) is 5.10 Å². The van der Waals surface area contributed by atoms with E-state index in [1.54, 1.807) is 12.0 Å². The van der Waals surface area contributed by atoms with E-state index in [4.69, 9.17) is 4.74 Å². The molecule has 4 aromatic rings. The van der Waals surface area contributed by atoms with Crippen molar-refractivity contribution in [3.63, 3.8) is 0 Å². The van der Waals surface area contributed by atoms with E-state index >= 15 is 0 Å². The number of nitrogens with zero attached hydrogens (tertiary/aromatic N) is 4. The Balaban J connectivity index is 1.52. The number of fused-ring (bicyclic) bond motifs is 2. The number of ether oxygens (including phenoxy) is 1. The first-order valence-corrected chi connectivity index (χ1v) is 12.9. The summed E-state index contributed by atoms with van der Waals surface area (Å²) in [5.74, 6) is 0.474. The quantitative estimate of drug-likeness (QED) is 0.324. The first kappa shape index (κ1) is 26.7. The molecule has 0 saturated carbocycles. The third-order valence-corrected chi connectivity index (χ3v) is 7.44. The number of para-hydroxylation sites is 1. The molecule has 1 aliphatic rings. The number of likely N-dealkylation sites (N-methyl/N-ethyl adjacent to an activating group) is 1. The lowest BCUT2D eigenvalue weighted by molar-refractivity contribution is -0.130. The zero-order valence-corrected chi connectivity index (χ0v) is 22.4. The lowest BCUT2D eigenvalue weighted by Gasteiger charge is -2.29. The fourth-order valence-electron chi connectivity index (χ4n) is 5.03. The third-order valence-electron chi connectivity index (χ3n) is 7.44. The second-order valence-electron chi connectivity index (χ2n) is 9.74. The van der Waals surface area contributed by atoms with Gasteiger partial charge in [0.05, 0.1) is 13.7 Å². The standard InChI is InChI=1S/C29H30N6O5/c1-17(34(2)29(38)39)27(36)32-23-12-9-18-6-4-5-7-24(18)35(28(23)37)15-22-21-11-8-20(26-30-16-31-33-26)14-19(21)10-13-25(22)40-3/h4-8,10-11,13-14,16-17,23H,9,12,15H2,1-3H3,(H,32,36)(H,38,39)(H,30,31,33)/t17-,23-/m0/s1. The molecule has 0 bridgehead atoms. The number of anilines is 1. The van der Waals surface area contributed by atoms with Gasteiger partial charge in [-0.15, -0.1) is 0 Å². The van der Waals surface area contributed by atoms with Crippen molar-refractivity contribution in [1.29, 1.82) is 0 Å². The number of aromatic nitrogens is 3. The molecule has 5 rings (SSSR count). The summed E-state index contributed by atoms with van der Waals surface area (Å²) in [6, 6.07) is 15.6. The molecular weight excluding hydrogens is 512 g/mol. The molecule has 11 heteroatoms. The van der Waals surface area contributed by atoms with Crippen LogP contribution in [0.5, 0.6) is 5.75 Å². The lowest BCUT2D eigenvalue weighted by Crippen LogP contribution is -2.53. The SMILES string of the molecule is COc1ccc2cc(-c3ncn[nH]3)ccc2c1CN1C(=O)[C@@H](NC(=O)[C@H](C)N(C)C(=O)O)CCc2ccccc21. The van der Waals surface area contributed by atoms with Gasteiger partial charge < -0.3 is 20.1 Å². The van der Waals surface area contributed by atoms with Crippen LogP contribution in [0, 0.1) is 0 Å². The number of hydrogen-bond donors (Lipinski definition) is 3. The van der Waals surface area contributed by atoms with Crippen LogP contribution < -0.4 is 15.0 Å². The van der Waals surface area contributed by atoms with Gasteiger partial charge in [0.1, 0.15) is 24.2 Å². The minimum Gasteiger partial charge on any atom is -0.496 e. The molecule has 1 aromatic heterocycles. The molecule has 0 spiro atoms. The van der Waals surface area contributed by atoms with E-state index in [1.165, 1.54) is 20.3 Å². The number of benzene rings is 3. The van der Waals surface area contributed by atoms with Crippen LogP contribution in [0.25, 0.3) is 22.2 Å². The molecule has 0 radical (unpaired) electrons. The smallest absolute Gasteiger partial charge is 0.407 e. The molecule has 0 fully saturated rings. The van der Waals surface area contributed by atoms with Crippen molar-refractivity contribution in [2.75, 3.05) is 19.1 Å². The Kier molecular flexibility index (Phi) is 7.37. The number of carboxylic acid groups (broad SMARTS) is 1. The van der Waals surface area contributed by atoms with Gasteiger partial charge in [0.25, 0.3) is 0 Å². The summed E-state index contributed by atoms with van der Waals surface area (Å²) in [6.45, 7) is 1.69. The molecule has 0 unspecified atom stereocenters. The Hall–Kier alpha value is -4.93. The van der Waals surface area contributed by atoms with E-state index in [0.29, 0.717) is 24.4 Å². The van der Waals surface area contributed by atoms with Crippen LogP contribution in [0.1, 0.15) is 24.5 Å². The number of amides is 3. The Morgan fingerprint density at radius 2 is 2.02 bits per heavy atom. The highest BCUT2D eigenvalue weighted by Crippen LogP contribution is 2.35. The van der Waals surface area contributed by atoms with Crippen LogP contribution in [0.2, 0.25) is 0 Å². The van der Waals surface area contributed by atoms with Crippen LogP contribution in [0.4, 0.5) is 10.5 Å². The number of methoxy groups -OCH3 is 1. The lowest BCUT2D eigenvalue weighted by atomic mass is 10.00. The number of carbonyl (C=O) groups is 3. The zero-order chi connectivity index (χ0) is 28.4. The molecule has 3 N–H and O–H groups in total. The highest BCUT2D eigenvalue weighted by atomic mass is 16.5. The Morgan fingerprint density at radius 1 is 1.23 bits per heavy atom. The summed E-state index contributed by atoms with van der Waals surface area (Å²) < 4.78 is 5.73. The normalized spacial score (nSPS) is 15.7. The van der Waals surface area contributed by atoms with Crippen LogP contribution in [0.3, 0.4) is 0 Å². The molecule has 3 aromatic carbocycles. The summed E-state index contributed by atoms with van der Waals surface area (Å²) in [5, 5.41) is 20.8. The topological polar surface area (TPSA) is 141 Å². The van der Waals surface area contributed by atoms with Crippen molar-refractivity contribution in [2.45, 2.75) is 38.4 Å². The molecule has 0 saturated heterocycles. The van der Waals surface area contributed by atoms with Gasteiger partial charge in [-0.3, -0.25) is 19.6 Å². The first-order chi connectivity index (χ1) is 19.3. The van der Waals surface area contributed by atoms with E-state index in [2.05, 4.69) is 20.5 Å². The summed E-state index contributed by atoms with van der Waals surface area (Å²) in [7, 11) is 2.92. The van der Waals surface area contributed by atoms with Crippen LogP contribution in [-0.4, -0.2) is 69.3 Å². The van der Waals surface area contributed by atoms with Crippen molar-refractivity contribution >= 4 is 34.4 Å². The van der Waals surface area contributed by atoms with Crippen molar-refractivity contribution in [2.24, 2.45) is 0 Å². The maximum absolute atomic E-state index is 14.0. The van der Waals surface area contributed by atoms with E-state index in [-0.39, 0.29) is 12.5 Å². The minimum absolute atomic E-state index is 0.203. The van der Waals surface area contributed by atoms with Crippen molar-refractivity contribution in [3.8, 4) is 17.1 Å².